The van der Waals surface area contributed by atoms with E-state index in [9.17, 15) is 4.79 Å². The molecule has 0 aliphatic rings. The van der Waals surface area contributed by atoms with E-state index in [1.165, 1.54) is 64.9 Å². The van der Waals surface area contributed by atoms with Crippen molar-refractivity contribution in [2.45, 2.75) is 96.4 Å². The second-order valence-corrected chi connectivity index (χ2v) is 5.96. The Morgan fingerprint density at radius 3 is 1.95 bits per heavy atom. The first-order valence-corrected chi connectivity index (χ1v) is 8.85. The van der Waals surface area contributed by atoms with Crippen molar-refractivity contribution in [1.82, 2.24) is 0 Å². The quantitative estimate of drug-likeness (QED) is 0.123. The molecule has 0 aromatic carbocycles. The molecule has 0 aliphatic carbocycles. The van der Waals surface area contributed by atoms with E-state index in [1.54, 1.807) is 0 Å². The smallest absolute Gasteiger partial charge is 0.305 e. The lowest BCUT2D eigenvalue weighted by Gasteiger charge is -2.09. The van der Waals surface area contributed by atoms with Gasteiger partial charge in [-0.3, -0.25) is 4.79 Å². The average Bonchev–Trinajstić information content (AvgIpc) is 2.52. The average molecular weight is 311 g/mol. The van der Waals surface area contributed by atoms with Gasteiger partial charge in [0.1, 0.15) is 0 Å². The number of carbonyl (C=O) groups excluding carboxylic acids is 1. The van der Waals surface area contributed by atoms with Gasteiger partial charge >= 0.3 is 5.97 Å². The molecule has 0 heterocycles. The Balaban J connectivity index is 3.46. The van der Waals surface area contributed by atoms with E-state index >= 15 is 0 Å². The van der Waals surface area contributed by atoms with E-state index in [1.807, 2.05) is 0 Å². The Morgan fingerprint density at radius 1 is 1.00 bits per heavy atom. The van der Waals surface area contributed by atoms with Gasteiger partial charge in [-0.1, -0.05) is 82.7 Å². The summed E-state index contributed by atoms with van der Waals surface area (Å²) in [4.78, 5) is 14.0. The van der Waals surface area contributed by atoms with Crippen molar-refractivity contribution in [1.29, 1.82) is 0 Å². The Morgan fingerprint density at radius 2 is 1.50 bits per heavy atom. The Hall–Kier alpha value is -1.22. The molecule has 0 saturated heterocycles. The molecule has 0 amide bonds. The van der Waals surface area contributed by atoms with Crippen molar-refractivity contribution >= 4 is 5.97 Å². The summed E-state index contributed by atoms with van der Waals surface area (Å²) in [5.41, 5.74) is 8.51. The fourth-order valence-electron chi connectivity index (χ4n) is 2.59. The fourth-order valence-corrected chi connectivity index (χ4v) is 2.59. The molecule has 0 fully saturated rings. The maximum atomic E-state index is 11.2. The van der Waals surface area contributed by atoms with Gasteiger partial charge in [-0.05, 0) is 12.0 Å². The zero-order chi connectivity index (χ0) is 16.5. The number of unbranched alkanes of at least 4 members (excludes halogenated alkanes) is 10. The molecule has 0 radical (unpaired) electrons. The number of carbonyl (C=O) groups is 1. The Bertz CT molecular complexity index is 315. The summed E-state index contributed by atoms with van der Waals surface area (Å²) in [6, 6.07) is -0.254. The van der Waals surface area contributed by atoms with Crippen LogP contribution in [0.3, 0.4) is 0 Å². The molecular weight excluding hydrogens is 278 g/mol. The van der Waals surface area contributed by atoms with Crippen LogP contribution in [0.1, 0.15) is 90.4 Å². The minimum Gasteiger partial charge on any atom is -0.469 e. The standard InChI is InChI=1S/C17H33N3O2/c1-3-4-5-6-7-8-9-10-11-12-13-14-16(19-20-18)15-17(21)22-2/h16H,3-15H2,1-2H3/t16-/m0/s1. The molecule has 0 aliphatic heterocycles. The molecular formula is C17H33N3O2. The number of hydrogen-bond donors (Lipinski definition) is 0. The minimum absolute atomic E-state index is 0.193. The highest BCUT2D eigenvalue weighted by atomic mass is 16.5. The van der Waals surface area contributed by atoms with Gasteiger partial charge < -0.3 is 4.74 Å². The van der Waals surface area contributed by atoms with Crippen LogP contribution in [-0.4, -0.2) is 19.1 Å². The lowest BCUT2D eigenvalue weighted by Crippen LogP contribution is -2.12. The predicted octanol–water partition coefficient (Wildman–Crippen LogP) is 5.93. The van der Waals surface area contributed by atoms with E-state index in [4.69, 9.17) is 5.53 Å². The fraction of sp³-hybridized carbons (Fsp3) is 0.941. The van der Waals surface area contributed by atoms with Crippen molar-refractivity contribution in [3.8, 4) is 0 Å². The highest BCUT2D eigenvalue weighted by Crippen LogP contribution is 2.15. The summed E-state index contributed by atoms with van der Waals surface area (Å²) in [6.07, 6.45) is 15.2. The summed E-state index contributed by atoms with van der Waals surface area (Å²) < 4.78 is 4.61. The topological polar surface area (TPSA) is 75.1 Å². The zero-order valence-corrected chi connectivity index (χ0v) is 14.4. The van der Waals surface area contributed by atoms with Gasteiger partial charge in [0.05, 0.1) is 13.5 Å². The van der Waals surface area contributed by atoms with Crippen LogP contribution in [-0.2, 0) is 9.53 Å². The van der Waals surface area contributed by atoms with Gasteiger partial charge in [0.15, 0.2) is 0 Å². The molecule has 0 unspecified atom stereocenters. The van der Waals surface area contributed by atoms with Gasteiger partial charge in [-0.15, -0.1) is 0 Å². The van der Waals surface area contributed by atoms with E-state index in [0.717, 1.165) is 19.3 Å². The van der Waals surface area contributed by atoms with Gasteiger partial charge in [0.2, 0.25) is 0 Å². The van der Waals surface area contributed by atoms with Crippen LogP contribution in [0.5, 0.6) is 0 Å². The number of nitrogens with zero attached hydrogens (tertiary/aromatic N) is 3. The third-order valence-electron chi connectivity index (χ3n) is 3.99. The molecule has 0 N–H and O–H groups in total. The molecule has 0 aromatic heterocycles. The largest absolute Gasteiger partial charge is 0.469 e. The van der Waals surface area contributed by atoms with Gasteiger partial charge in [0.25, 0.3) is 0 Å². The number of hydrogen-bond acceptors (Lipinski definition) is 3. The third kappa shape index (κ3) is 13.7. The number of ether oxygens (including phenoxy) is 1. The number of rotatable bonds is 15. The summed E-state index contributed by atoms with van der Waals surface area (Å²) in [7, 11) is 1.36. The molecule has 1 atom stereocenters. The first kappa shape index (κ1) is 20.8. The summed E-state index contributed by atoms with van der Waals surface area (Å²) in [5, 5.41) is 3.67. The normalized spacial score (nSPS) is 11.7. The van der Waals surface area contributed by atoms with Gasteiger partial charge in [0, 0.05) is 11.0 Å². The Kier molecular flexibility index (Phi) is 15.3. The lowest BCUT2D eigenvalue weighted by atomic mass is 10.0. The summed E-state index contributed by atoms with van der Waals surface area (Å²) in [5.74, 6) is -0.305. The molecule has 0 rings (SSSR count). The van der Waals surface area contributed by atoms with Crippen molar-refractivity contribution in [3.05, 3.63) is 10.4 Å². The molecule has 5 nitrogen and oxygen atoms in total. The van der Waals surface area contributed by atoms with Crippen LogP contribution in [0.4, 0.5) is 0 Å². The van der Waals surface area contributed by atoms with Crippen LogP contribution in [0.25, 0.3) is 10.4 Å². The summed E-state index contributed by atoms with van der Waals surface area (Å²) in [6.45, 7) is 2.25. The highest BCUT2D eigenvalue weighted by Gasteiger charge is 2.12. The van der Waals surface area contributed by atoms with Crippen molar-refractivity contribution in [3.63, 3.8) is 0 Å². The minimum atomic E-state index is -0.305. The number of esters is 1. The second-order valence-electron chi connectivity index (χ2n) is 5.96. The van der Waals surface area contributed by atoms with Crippen molar-refractivity contribution in [2.24, 2.45) is 5.11 Å². The van der Waals surface area contributed by atoms with Gasteiger partial charge in [-0.2, -0.15) is 0 Å². The van der Waals surface area contributed by atoms with E-state index < -0.39 is 0 Å². The molecule has 128 valence electrons. The van der Waals surface area contributed by atoms with Crippen LogP contribution < -0.4 is 0 Å². The Labute approximate surface area is 135 Å². The number of methoxy groups -OCH3 is 1. The molecule has 22 heavy (non-hydrogen) atoms. The molecule has 0 spiro atoms. The molecule has 5 heteroatoms. The first-order valence-electron chi connectivity index (χ1n) is 8.85. The van der Waals surface area contributed by atoms with E-state index in [2.05, 4.69) is 21.7 Å². The maximum Gasteiger partial charge on any atom is 0.305 e. The van der Waals surface area contributed by atoms with Crippen LogP contribution >= 0.6 is 0 Å². The monoisotopic (exact) mass is 311 g/mol. The lowest BCUT2D eigenvalue weighted by molar-refractivity contribution is -0.141. The van der Waals surface area contributed by atoms with E-state index in [-0.39, 0.29) is 18.4 Å². The SMILES string of the molecule is CCCCCCCCCCCCC[C@@H](CC(=O)OC)N=[N+]=[N-]. The second kappa shape index (κ2) is 16.2. The van der Waals surface area contributed by atoms with Crippen LogP contribution in [0, 0.1) is 0 Å². The van der Waals surface area contributed by atoms with Gasteiger partial charge in [-0.25, -0.2) is 0 Å². The number of azide groups is 1. The maximum absolute atomic E-state index is 11.2. The van der Waals surface area contributed by atoms with Crippen LogP contribution in [0.2, 0.25) is 0 Å². The van der Waals surface area contributed by atoms with Crippen molar-refractivity contribution in [2.75, 3.05) is 7.11 Å². The summed E-state index contributed by atoms with van der Waals surface area (Å²) >= 11 is 0. The highest BCUT2D eigenvalue weighted by molar-refractivity contribution is 5.69. The van der Waals surface area contributed by atoms with Crippen molar-refractivity contribution < 1.29 is 9.53 Å². The van der Waals surface area contributed by atoms with Crippen LogP contribution in [0.15, 0.2) is 5.11 Å². The van der Waals surface area contributed by atoms with E-state index in [0.29, 0.717) is 0 Å². The zero-order valence-electron chi connectivity index (χ0n) is 14.4. The predicted molar refractivity (Wildman–Crippen MR) is 90.6 cm³/mol. The third-order valence-corrected chi connectivity index (χ3v) is 3.99. The molecule has 0 aromatic rings. The molecule has 0 bridgehead atoms. The first-order chi connectivity index (χ1) is 10.7. The molecule has 0 saturated carbocycles.